The molecule has 0 aliphatic carbocycles. The Morgan fingerprint density at radius 1 is 1.33 bits per heavy atom. The number of fused-ring (bicyclic) bond motifs is 1. The van der Waals surface area contributed by atoms with Gasteiger partial charge in [-0.2, -0.15) is 0 Å². The smallest absolute Gasteiger partial charge is 0.244 e. The third-order valence-corrected chi connectivity index (χ3v) is 9.73. The molecule has 3 amide bonds. The van der Waals surface area contributed by atoms with Crippen LogP contribution in [0.1, 0.15) is 53.4 Å². The van der Waals surface area contributed by atoms with Gasteiger partial charge >= 0.3 is 0 Å². The van der Waals surface area contributed by atoms with Crippen LogP contribution in [0.15, 0.2) is 0 Å². The van der Waals surface area contributed by atoms with E-state index < -0.39 is 28.7 Å². The molecule has 0 aromatic carbocycles. The SMILES string of the molecule is CCCCNC(=O)C1N([C@@H](CO)[C@@H](C)CC)C(=O)[C@@H]2[C@@H](C(=O)NC)[C@H]3CC(C)C12S3. The lowest BCUT2D eigenvalue weighted by atomic mass is 9.66. The number of carbonyl (C=O) groups is 3. The molecule has 3 saturated heterocycles. The zero-order valence-electron chi connectivity index (χ0n) is 18.8. The first-order valence-electron chi connectivity index (χ1n) is 11.4. The van der Waals surface area contributed by atoms with Crippen molar-refractivity contribution in [3.05, 3.63) is 0 Å². The van der Waals surface area contributed by atoms with Gasteiger partial charge in [-0.05, 0) is 24.7 Å². The molecule has 3 heterocycles. The molecule has 0 saturated carbocycles. The highest BCUT2D eigenvalue weighted by molar-refractivity contribution is 8.02. The Morgan fingerprint density at radius 3 is 2.60 bits per heavy atom. The molecule has 0 aromatic rings. The molecule has 170 valence electrons. The van der Waals surface area contributed by atoms with Crippen molar-refractivity contribution >= 4 is 29.5 Å². The lowest BCUT2D eigenvalue weighted by Gasteiger charge is -2.41. The number of aliphatic hydroxyl groups is 1. The van der Waals surface area contributed by atoms with Crippen LogP contribution in [-0.4, -0.2) is 70.0 Å². The second kappa shape index (κ2) is 9.07. The van der Waals surface area contributed by atoms with Crippen molar-refractivity contribution < 1.29 is 19.5 Å². The first-order chi connectivity index (χ1) is 14.3. The van der Waals surface area contributed by atoms with E-state index in [-0.39, 0.29) is 41.4 Å². The number of thioether (sulfide) groups is 1. The van der Waals surface area contributed by atoms with E-state index in [1.165, 1.54) is 0 Å². The Bertz CT molecular complexity index is 689. The van der Waals surface area contributed by atoms with Gasteiger partial charge in [-0.15, -0.1) is 11.8 Å². The van der Waals surface area contributed by atoms with Gasteiger partial charge in [0.05, 0.1) is 29.2 Å². The summed E-state index contributed by atoms with van der Waals surface area (Å²) in [5.41, 5.74) is 0. The van der Waals surface area contributed by atoms with Crippen LogP contribution >= 0.6 is 11.8 Å². The largest absolute Gasteiger partial charge is 0.394 e. The highest BCUT2D eigenvalue weighted by Gasteiger charge is 2.76. The summed E-state index contributed by atoms with van der Waals surface area (Å²) in [5, 5.41) is 16.1. The fourth-order valence-electron chi connectivity index (χ4n) is 5.88. The highest BCUT2D eigenvalue weighted by atomic mass is 32.2. The van der Waals surface area contributed by atoms with Crippen molar-refractivity contribution in [1.82, 2.24) is 15.5 Å². The zero-order valence-corrected chi connectivity index (χ0v) is 19.6. The molecule has 0 radical (unpaired) electrons. The fourth-order valence-corrected chi connectivity index (χ4v) is 8.29. The van der Waals surface area contributed by atoms with Crippen LogP contribution in [0.5, 0.6) is 0 Å². The van der Waals surface area contributed by atoms with Crippen LogP contribution in [0.25, 0.3) is 0 Å². The number of nitrogens with zero attached hydrogens (tertiary/aromatic N) is 1. The number of hydrogen-bond acceptors (Lipinski definition) is 5. The third kappa shape index (κ3) is 3.34. The van der Waals surface area contributed by atoms with E-state index in [0.717, 1.165) is 25.7 Å². The average molecular weight is 440 g/mol. The van der Waals surface area contributed by atoms with Gasteiger partial charge in [-0.1, -0.05) is 40.5 Å². The fraction of sp³-hybridized carbons (Fsp3) is 0.864. The molecule has 1 spiro atoms. The molecule has 30 heavy (non-hydrogen) atoms. The summed E-state index contributed by atoms with van der Waals surface area (Å²) in [6.45, 7) is 8.61. The van der Waals surface area contributed by atoms with Crippen LogP contribution in [0.4, 0.5) is 0 Å². The van der Waals surface area contributed by atoms with Gasteiger partial charge in [-0.3, -0.25) is 14.4 Å². The van der Waals surface area contributed by atoms with Crippen LogP contribution in [0.2, 0.25) is 0 Å². The van der Waals surface area contributed by atoms with Crippen molar-refractivity contribution in [3.8, 4) is 0 Å². The molecule has 3 fully saturated rings. The summed E-state index contributed by atoms with van der Waals surface area (Å²) in [6, 6.07) is -1.08. The predicted octanol–water partition coefficient (Wildman–Crippen LogP) is 1.39. The summed E-state index contributed by atoms with van der Waals surface area (Å²) in [7, 11) is 1.61. The second-order valence-corrected chi connectivity index (χ2v) is 10.7. The summed E-state index contributed by atoms with van der Waals surface area (Å²) in [6.07, 6.45) is 3.47. The molecule has 7 nitrogen and oxygen atoms in total. The van der Waals surface area contributed by atoms with E-state index >= 15 is 0 Å². The van der Waals surface area contributed by atoms with Crippen LogP contribution in [0, 0.1) is 23.7 Å². The minimum absolute atomic E-state index is 0.0519. The predicted molar refractivity (Wildman–Crippen MR) is 118 cm³/mol. The van der Waals surface area contributed by atoms with Gasteiger partial charge in [0.25, 0.3) is 0 Å². The number of aliphatic hydroxyl groups excluding tert-OH is 1. The van der Waals surface area contributed by atoms with Gasteiger partial charge in [0.2, 0.25) is 17.7 Å². The average Bonchev–Trinajstić information content (AvgIpc) is 3.32. The van der Waals surface area contributed by atoms with Crippen LogP contribution in [0.3, 0.4) is 0 Å². The molecule has 0 aromatic heterocycles. The van der Waals surface area contributed by atoms with Crippen LogP contribution in [-0.2, 0) is 14.4 Å². The Balaban J connectivity index is 2.07. The van der Waals surface area contributed by atoms with Gasteiger partial charge in [0, 0.05) is 18.8 Å². The van der Waals surface area contributed by atoms with Crippen molar-refractivity contribution in [2.24, 2.45) is 23.7 Å². The number of nitrogens with one attached hydrogen (secondary N) is 2. The Labute approximate surface area is 184 Å². The van der Waals surface area contributed by atoms with Crippen molar-refractivity contribution in [3.63, 3.8) is 0 Å². The lowest BCUT2D eigenvalue weighted by molar-refractivity contribution is -0.143. The number of rotatable bonds is 9. The lowest BCUT2D eigenvalue weighted by Crippen LogP contribution is -2.59. The molecule has 3 rings (SSSR count). The summed E-state index contributed by atoms with van der Waals surface area (Å²) >= 11 is 1.67. The van der Waals surface area contributed by atoms with E-state index in [9.17, 15) is 19.5 Å². The monoisotopic (exact) mass is 439 g/mol. The second-order valence-electron chi connectivity index (χ2n) is 9.19. The van der Waals surface area contributed by atoms with E-state index in [0.29, 0.717) is 6.54 Å². The molecule has 3 N–H and O–H groups in total. The Kier molecular flexibility index (Phi) is 7.07. The first-order valence-corrected chi connectivity index (χ1v) is 12.3. The van der Waals surface area contributed by atoms with Crippen molar-refractivity contribution in [1.29, 1.82) is 0 Å². The van der Waals surface area contributed by atoms with Gasteiger partial charge in [-0.25, -0.2) is 0 Å². The zero-order chi connectivity index (χ0) is 22.2. The van der Waals surface area contributed by atoms with E-state index in [1.54, 1.807) is 23.7 Å². The first kappa shape index (κ1) is 23.4. The van der Waals surface area contributed by atoms with E-state index in [4.69, 9.17) is 0 Å². The normalized spacial score (nSPS) is 36.5. The molecule has 8 heteroatoms. The number of unbranched alkanes of at least 4 members (excludes halogenated alkanes) is 1. The maximum absolute atomic E-state index is 13.9. The van der Waals surface area contributed by atoms with Crippen molar-refractivity contribution in [2.45, 2.75) is 75.5 Å². The Hall–Kier alpha value is -1.28. The minimum Gasteiger partial charge on any atom is -0.394 e. The topological polar surface area (TPSA) is 98.7 Å². The molecule has 8 atom stereocenters. The van der Waals surface area contributed by atoms with Gasteiger partial charge in [0.15, 0.2) is 0 Å². The van der Waals surface area contributed by atoms with E-state index in [2.05, 4.69) is 24.5 Å². The van der Waals surface area contributed by atoms with Gasteiger partial charge < -0.3 is 20.6 Å². The van der Waals surface area contributed by atoms with Crippen LogP contribution < -0.4 is 10.6 Å². The molecular formula is C22H37N3O4S. The number of carbonyl (C=O) groups excluding carboxylic acids is 3. The van der Waals surface area contributed by atoms with Crippen molar-refractivity contribution in [2.75, 3.05) is 20.2 Å². The maximum atomic E-state index is 13.9. The molecule has 3 unspecified atom stereocenters. The number of likely N-dealkylation sites (tertiary alicyclic amines) is 1. The third-order valence-electron chi connectivity index (χ3n) is 7.66. The summed E-state index contributed by atoms with van der Waals surface area (Å²) < 4.78 is -0.615. The standard InChI is InChI=1S/C22H37N3O4S/c1-6-8-9-24-20(28)18-22-13(4)10-15(30-22)16(19(27)23-5)17(22)21(29)25(18)14(11-26)12(3)7-2/h12-18,26H,6-11H2,1-5H3,(H,23,27)(H,24,28)/t12-,13?,14-,15+,16-,17-,18?,22?/m0/s1. The molecule has 3 aliphatic rings. The quantitative estimate of drug-likeness (QED) is 0.472. The molecule has 3 aliphatic heterocycles. The Morgan fingerprint density at radius 2 is 2.03 bits per heavy atom. The highest BCUT2D eigenvalue weighted by Crippen LogP contribution is 2.68. The van der Waals surface area contributed by atoms with E-state index in [1.807, 2.05) is 13.8 Å². The summed E-state index contributed by atoms with van der Waals surface area (Å²) in [4.78, 5) is 41.8. The van der Waals surface area contributed by atoms with Gasteiger partial charge in [0.1, 0.15) is 6.04 Å². The number of amides is 3. The summed E-state index contributed by atoms with van der Waals surface area (Å²) in [5.74, 6) is -1.14. The minimum atomic E-state index is -0.655. The number of hydrogen-bond donors (Lipinski definition) is 3. The molecule has 2 bridgehead atoms. The molecular weight excluding hydrogens is 402 g/mol. The maximum Gasteiger partial charge on any atom is 0.244 e.